The van der Waals surface area contributed by atoms with Crippen LogP contribution >= 0.6 is 11.3 Å². The third kappa shape index (κ3) is 3.99. The SMILES string of the molecule is O=C(C[C@H]1Cn2c(cc3ccccc32)C(=O)N1Cc1ccccc1)NCc1cccs1. The second-order valence-electron chi connectivity index (χ2n) is 7.83. The van der Waals surface area contributed by atoms with Crippen molar-refractivity contribution in [1.82, 2.24) is 14.8 Å². The third-order valence-electron chi connectivity index (χ3n) is 5.78. The maximum absolute atomic E-state index is 13.5. The van der Waals surface area contributed by atoms with Gasteiger partial charge >= 0.3 is 0 Å². The number of carbonyl (C=O) groups is 2. The molecule has 1 atom stereocenters. The summed E-state index contributed by atoms with van der Waals surface area (Å²) in [4.78, 5) is 29.2. The Bertz CT molecular complexity index is 1210. The fourth-order valence-corrected chi connectivity index (χ4v) is 4.89. The highest BCUT2D eigenvalue weighted by molar-refractivity contribution is 7.09. The van der Waals surface area contributed by atoms with Crippen molar-refractivity contribution in [3.05, 3.63) is 94.3 Å². The van der Waals surface area contributed by atoms with Crippen molar-refractivity contribution in [3.63, 3.8) is 0 Å². The molecule has 0 bridgehead atoms. The van der Waals surface area contributed by atoms with Gasteiger partial charge in [-0.3, -0.25) is 9.59 Å². The molecule has 1 N–H and O–H groups in total. The monoisotopic (exact) mass is 429 g/mol. The van der Waals surface area contributed by atoms with E-state index in [9.17, 15) is 9.59 Å². The molecule has 2 aromatic heterocycles. The number of thiophene rings is 1. The third-order valence-corrected chi connectivity index (χ3v) is 6.66. The Morgan fingerprint density at radius 2 is 1.84 bits per heavy atom. The van der Waals surface area contributed by atoms with Gasteiger partial charge in [-0.25, -0.2) is 0 Å². The van der Waals surface area contributed by atoms with Crippen LogP contribution in [0.25, 0.3) is 10.9 Å². The number of hydrogen-bond acceptors (Lipinski definition) is 3. The van der Waals surface area contributed by atoms with Crippen molar-refractivity contribution in [3.8, 4) is 0 Å². The lowest BCUT2D eigenvalue weighted by molar-refractivity contribution is -0.122. The second-order valence-corrected chi connectivity index (χ2v) is 8.86. The summed E-state index contributed by atoms with van der Waals surface area (Å²) >= 11 is 1.62. The van der Waals surface area contributed by atoms with Crippen LogP contribution in [0.1, 0.15) is 27.3 Å². The molecule has 2 aromatic carbocycles. The molecule has 0 spiro atoms. The van der Waals surface area contributed by atoms with Crippen LogP contribution in [0.2, 0.25) is 0 Å². The first-order valence-corrected chi connectivity index (χ1v) is 11.3. The fourth-order valence-electron chi connectivity index (χ4n) is 4.25. The summed E-state index contributed by atoms with van der Waals surface area (Å²) in [6, 6.07) is 23.7. The first kappa shape index (κ1) is 19.6. The van der Waals surface area contributed by atoms with Crippen LogP contribution < -0.4 is 5.32 Å². The number of benzene rings is 2. The number of para-hydroxylation sites is 1. The zero-order valence-electron chi connectivity index (χ0n) is 17.0. The Morgan fingerprint density at radius 3 is 2.65 bits per heavy atom. The zero-order valence-corrected chi connectivity index (χ0v) is 17.8. The molecule has 31 heavy (non-hydrogen) atoms. The van der Waals surface area contributed by atoms with E-state index in [1.54, 1.807) is 11.3 Å². The standard InChI is InChI=1S/C25H23N3O2S/c29-24(26-15-21-10-6-12-31-21)14-20-17-28-22-11-5-4-9-19(22)13-23(28)25(30)27(20)16-18-7-2-1-3-8-18/h1-13,20H,14-17H2,(H,26,29)/t20-/m0/s1. The van der Waals surface area contributed by atoms with E-state index in [-0.39, 0.29) is 24.3 Å². The molecule has 0 aliphatic carbocycles. The van der Waals surface area contributed by atoms with Gasteiger partial charge in [-0.2, -0.15) is 0 Å². The molecule has 0 unspecified atom stereocenters. The Hall–Kier alpha value is -3.38. The van der Waals surface area contributed by atoms with E-state index in [1.807, 2.05) is 83.1 Å². The van der Waals surface area contributed by atoms with Gasteiger partial charge in [0.1, 0.15) is 5.69 Å². The topological polar surface area (TPSA) is 54.3 Å². The molecule has 0 saturated carbocycles. The van der Waals surface area contributed by atoms with Gasteiger partial charge in [-0.1, -0.05) is 54.6 Å². The van der Waals surface area contributed by atoms with Crippen molar-refractivity contribution in [2.24, 2.45) is 0 Å². The fraction of sp³-hybridized carbons (Fsp3) is 0.200. The van der Waals surface area contributed by atoms with Crippen molar-refractivity contribution in [2.45, 2.75) is 32.1 Å². The van der Waals surface area contributed by atoms with Crippen molar-refractivity contribution in [1.29, 1.82) is 0 Å². The summed E-state index contributed by atoms with van der Waals surface area (Å²) in [5, 5.41) is 6.06. The first-order valence-electron chi connectivity index (χ1n) is 10.4. The summed E-state index contributed by atoms with van der Waals surface area (Å²) in [5.74, 6) is -0.0634. The van der Waals surface area contributed by atoms with Crippen LogP contribution in [-0.4, -0.2) is 27.3 Å². The largest absolute Gasteiger partial charge is 0.351 e. The number of nitrogens with one attached hydrogen (secondary N) is 1. The predicted octanol–water partition coefficient (Wildman–Crippen LogP) is 4.43. The number of fused-ring (bicyclic) bond motifs is 3. The smallest absolute Gasteiger partial charge is 0.271 e. The van der Waals surface area contributed by atoms with E-state index in [1.165, 1.54) is 0 Å². The van der Waals surface area contributed by atoms with Crippen LogP contribution in [0, 0.1) is 0 Å². The summed E-state index contributed by atoms with van der Waals surface area (Å²) in [6.07, 6.45) is 0.274. The Labute approximate surface area is 184 Å². The van der Waals surface area contributed by atoms with Gasteiger partial charge in [-0.15, -0.1) is 11.3 Å². The molecule has 3 heterocycles. The molecule has 6 heteroatoms. The highest BCUT2D eigenvalue weighted by atomic mass is 32.1. The molecule has 5 rings (SSSR count). The molecule has 156 valence electrons. The predicted molar refractivity (Wildman–Crippen MR) is 123 cm³/mol. The van der Waals surface area contributed by atoms with Crippen LogP contribution in [0.3, 0.4) is 0 Å². The number of nitrogens with zero attached hydrogens (tertiary/aromatic N) is 2. The zero-order chi connectivity index (χ0) is 21.2. The van der Waals surface area contributed by atoms with E-state index in [0.29, 0.717) is 25.3 Å². The number of carbonyl (C=O) groups excluding carboxylic acids is 2. The van der Waals surface area contributed by atoms with E-state index >= 15 is 0 Å². The number of aromatic nitrogens is 1. The minimum Gasteiger partial charge on any atom is -0.351 e. The quantitative estimate of drug-likeness (QED) is 0.493. The van der Waals surface area contributed by atoms with Crippen LogP contribution in [-0.2, 0) is 24.4 Å². The van der Waals surface area contributed by atoms with E-state index in [2.05, 4.69) is 9.88 Å². The number of hydrogen-bond donors (Lipinski definition) is 1. The van der Waals surface area contributed by atoms with E-state index in [4.69, 9.17) is 0 Å². The summed E-state index contributed by atoms with van der Waals surface area (Å²) < 4.78 is 2.07. The summed E-state index contributed by atoms with van der Waals surface area (Å²) in [5.41, 5.74) is 2.78. The molecule has 5 nitrogen and oxygen atoms in total. The van der Waals surface area contributed by atoms with E-state index < -0.39 is 0 Å². The van der Waals surface area contributed by atoms with E-state index in [0.717, 1.165) is 21.3 Å². The second kappa shape index (κ2) is 8.40. The molecular formula is C25H23N3O2S. The molecule has 1 aliphatic heterocycles. The minimum absolute atomic E-state index is 0.0256. The van der Waals surface area contributed by atoms with Crippen molar-refractivity contribution in [2.75, 3.05) is 0 Å². The molecule has 0 saturated heterocycles. The normalized spacial score (nSPS) is 15.8. The highest BCUT2D eigenvalue weighted by Gasteiger charge is 2.34. The van der Waals surface area contributed by atoms with Gasteiger partial charge in [0.25, 0.3) is 5.91 Å². The Balaban J connectivity index is 1.42. The Morgan fingerprint density at radius 1 is 1.03 bits per heavy atom. The lowest BCUT2D eigenvalue weighted by Gasteiger charge is -2.36. The molecular weight excluding hydrogens is 406 g/mol. The van der Waals surface area contributed by atoms with Gasteiger partial charge in [0, 0.05) is 35.3 Å². The first-order chi connectivity index (χ1) is 15.2. The molecule has 1 aliphatic rings. The van der Waals surface area contributed by atoms with Crippen molar-refractivity contribution < 1.29 is 9.59 Å². The number of rotatable bonds is 6. The van der Waals surface area contributed by atoms with Crippen LogP contribution in [0.5, 0.6) is 0 Å². The molecule has 0 radical (unpaired) electrons. The lowest BCUT2D eigenvalue weighted by Crippen LogP contribution is -2.49. The lowest BCUT2D eigenvalue weighted by atomic mass is 10.1. The maximum Gasteiger partial charge on any atom is 0.271 e. The maximum atomic E-state index is 13.5. The Kier molecular flexibility index (Phi) is 5.30. The summed E-state index contributed by atoms with van der Waals surface area (Å²) in [7, 11) is 0. The number of amides is 2. The highest BCUT2D eigenvalue weighted by Crippen LogP contribution is 2.29. The van der Waals surface area contributed by atoms with Crippen molar-refractivity contribution >= 4 is 34.1 Å². The summed E-state index contributed by atoms with van der Waals surface area (Å²) in [6.45, 7) is 1.62. The molecule has 0 fully saturated rings. The van der Waals surface area contributed by atoms with Gasteiger partial charge < -0.3 is 14.8 Å². The average molecular weight is 430 g/mol. The van der Waals surface area contributed by atoms with Crippen LogP contribution in [0.15, 0.2) is 78.2 Å². The average Bonchev–Trinajstić information content (AvgIpc) is 3.44. The van der Waals surface area contributed by atoms with Crippen LogP contribution in [0.4, 0.5) is 0 Å². The van der Waals surface area contributed by atoms with Gasteiger partial charge in [0.05, 0.1) is 12.6 Å². The molecule has 2 amide bonds. The minimum atomic E-state index is -0.209. The van der Waals surface area contributed by atoms with Gasteiger partial charge in [0.15, 0.2) is 0 Å². The van der Waals surface area contributed by atoms with Gasteiger partial charge in [-0.05, 0) is 29.1 Å². The molecule has 4 aromatic rings. The van der Waals surface area contributed by atoms with Gasteiger partial charge in [0.2, 0.25) is 5.91 Å².